The summed E-state index contributed by atoms with van der Waals surface area (Å²) in [6, 6.07) is 0.440. The van der Waals surface area contributed by atoms with Crippen molar-refractivity contribution in [1.29, 1.82) is 0 Å². The predicted molar refractivity (Wildman–Crippen MR) is 40.8 cm³/mol. The van der Waals surface area contributed by atoms with Gasteiger partial charge in [0.2, 0.25) is 0 Å². The molecule has 1 heterocycles. The maximum atomic E-state index is 12.6. The molecule has 10 heavy (non-hydrogen) atoms. The second kappa shape index (κ2) is 3.33. The summed E-state index contributed by atoms with van der Waals surface area (Å²) >= 11 is 0. The number of hydrogen-bond acceptors (Lipinski definition) is 1. The Kier molecular flexibility index (Phi) is 2.66. The van der Waals surface area contributed by atoms with Gasteiger partial charge in [0.05, 0.1) is 0 Å². The molecular formula is C8H16FN. The van der Waals surface area contributed by atoms with Crippen LogP contribution in [0.4, 0.5) is 4.39 Å². The maximum Gasteiger partial charge on any atom is 0.114 e. The van der Waals surface area contributed by atoms with Gasteiger partial charge >= 0.3 is 0 Å². The van der Waals surface area contributed by atoms with Gasteiger partial charge in [0.15, 0.2) is 0 Å². The molecule has 1 saturated heterocycles. The third-order valence-electron chi connectivity index (χ3n) is 1.92. The lowest BCUT2D eigenvalue weighted by atomic mass is 10.0. The minimum Gasteiger partial charge on any atom is -0.311 e. The molecular weight excluding hydrogens is 129 g/mol. The van der Waals surface area contributed by atoms with Crippen molar-refractivity contribution >= 4 is 0 Å². The quantitative estimate of drug-likeness (QED) is 0.624. The van der Waals surface area contributed by atoms with Gasteiger partial charge in [-0.2, -0.15) is 0 Å². The Hall–Kier alpha value is -0.110. The lowest BCUT2D eigenvalue weighted by molar-refractivity contribution is 0.349. The fourth-order valence-electron chi connectivity index (χ4n) is 1.52. The lowest BCUT2D eigenvalue weighted by Crippen LogP contribution is -2.22. The van der Waals surface area contributed by atoms with Crippen LogP contribution in [0.2, 0.25) is 0 Å². The van der Waals surface area contributed by atoms with Crippen LogP contribution in [0.1, 0.15) is 26.7 Å². The van der Waals surface area contributed by atoms with Crippen molar-refractivity contribution in [2.75, 3.05) is 6.54 Å². The Morgan fingerprint density at radius 3 is 2.70 bits per heavy atom. The fraction of sp³-hybridized carbons (Fsp3) is 1.00. The molecule has 0 aliphatic carbocycles. The van der Waals surface area contributed by atoms with E-state index in [0.717, 1.165) is 12.8 Å². The van der Waals surface area contributed by atoms with Crippen molar-refractivity contribution in [2.24, 2.45) is 5.92 Å². The zero-order valence-electron chi connectivity index (χ0n) is 6.73. The molecule has 2 heteroatoms. The minimum atomic E-state index is -0.594. The van der Waals surface area contributed by atoms with Crippen molar-refractivity contribution in [2.45, 2.75) is 38.9 Å². The molecule has 0 amide bonds. The van der Waals surface area contributed by atoms with Gasteiger partial charge in [0.25, 0.3) is 0 Å². The standard InChI is InChI=1S/C8H16FN/c1-6(2)3-8-4-7(9)5-10-8/h6-8,10H,3-5H2,1-2H3/t7-,8+/m0/s1. The molecule has 60 valence electrons. The normalized spacial score (nSPS) is 33.6. The van der Waals surface area contributed by atoms with Gasteiger partial charge in [-0.05, 0) is 18.8 Å². The molecule has 0 aromatic rings. The Morgan fingerprint density at radius 2 is 2.30 bits per heavy atom. The fourth-order valence-corrected chi connectivity index (χ4v) is 1.52. The summed E-state index contributed by atoms with van der Waals surface area (Å²) in [4.78, 5) is 0. The van der Waals surface area contributed by atoms with Crippen LogP contribution in [0.5, 0.6) is 0 Å². The van der Waals surface area contributed by atoms with Gasteiger partial charge in [-0.15, -0.1) is 0 Å². The van der Waals surface area contributed by atoms with E-state index in [4.69, 9.17) is 0 Å². The van der Waals surface area contributed by atoms with E-state index in [0.29, 0.717) is 18.5 Å². The molecule has 1 aliphatic rings. The van der Waals surface area contributed by atoms with E-state index >= 15 is 0 Å². The van der Waals surface area contributed by atoms with E-state index in [-0.39, 0.29) is 0 Å². The van der Waals surface area contributed by atoms with Gasteiger partial charge in [0.1, 0.15) is 6.17 Å². The second-order valence-corrected chi connectivity index (χ2v) is 3.57. The first kappa shape index (κ1) is 7.99. The van der Waals surface area contributed by atoms with E-state index in [1.54, 1.807) is 0 Å². The minimum absolute atomic E-state index is 0.440. The topological polar surface area (TPSA) is 12.0 Å². The van der Waals surface area contributed by atoms with E-state index in [2.05, 4.69) is 19.2 Å². The van der Waals surface area contributed by atoms with Crippen molar-refractivity contribution in [3.63, 3.8) is 0 Å². The smallest absolute Gasteiger partial charge is 0.114 e. The molecule has 2 atom stereocenters. The van der Waals surface area contributed by atoms with Crippen LogP contribution in [0.3, 0.4) is 0 Å². The highest BCUT2D eigenvalue weighted by molar-refractivity contribution is 4.81. The summed E-state index contributed by atoms with van der Waals surface area (Å²) in [5, 5.41) is 3.16. The summed E-state index contributed by atoms with van der Waals surface area (Å²) in [6.07, 6.45) is 1.24. The molecule has 1 aliphatic heterocycles. The average Bonchev–Trinajstić information content (AvgIpc) is 2.13. The molecule has 1 nitrogen and oxygen atoms in total. The molecule has 1 rings (SSSR count). The lowest BCUT2D eigenvalue weighted by Gasteiger charge is -2.11. The van der Waals surface area contributed by atoms with Gasteiger partial charge in [-0.25, -0.2) is 4.39 Å². The molecule has 0 aromatic carbocycles. The first-order chi connectivity index (χ1) is 4.68. The summed E-state index contributed by atoms with van der Waals surface area (Å²) in [5.74, 6) is 0.683. The van der Waals surface area contributed by atoms with Crippen LogP contribution in [0.15, 0.2) is 0 Å². The maximum absolute atomic E-state index is 12.6. The molecule has 0 saturated carbocycles. The van der Waals surface area contributed by atoms with Crippen LogP contribution in [0.25, 0.3) is 0 Å². The Morgan fingerprint density at radius 1 is 1.60 bits per heavy atom. The molecule has 0 bridgehead atoms. The van der Waals surface area contributed by atoms with E-state index in [1.807, 2.05) is 0 Å². The molecule has 0 aromatic heterocycles. The Balaban J connectivity index is 2.18. The zero-order valence-corrected chi connectivity index (χ0v) is 6.73. The van der Waals surface area contributed by atoms with Gasteiger partial charge in [-0.3, -0.25) is 0 Å². The SMILES string of the molecule is CC(C)C[C@@H]1C[C@H](F)CN1. The van der Waals surface area contributed by atoms with Crippen LogP contribution in [0, 0.1) is 5.92 Å². The molecule has 0 unspecified atom stereocenters. The zero-order chi connectivity index (χ0) is 7.56. The number of rotatable bonds is 2. The summed E-state index contributed by atoms with van der Waals surface area (Å²) in [5.41, 5.74) is 0. The Bertz CT molecular complexity index is 103. The van der Waals surface area contributed by atoms with Crippen molar-refractivity contribution in [1.82, 2.24) is 5.32 Å². The van der Waals surface area contributed by atoms with Gasteiger partial charge in [-0.1, -0.05) is 13.8 Å². The molecule has 1 fully saturated rings. The number of halogens is 1. The molecule has 0 radical (unpaired) electrons. The number of hydrogen-bond donors (Lipinski definition) is 1. The third-order valence-corrected chi connectivity index (χ3v) is 1.92. The highest BCUT2D eigenvalue weighted by Gasteiger charge is 2.23. The van der Waals surface area contributed by atoms with Crippen LogP contribution < -0.4 is 5.32 Å². The highest BCUT2D eigenvalue weighted by atomic mass is 19.1. The first-order valence-corrected chi connectivity index (χ1v) is 4.06. The van der Waals surface area contributed by atoms with E-state index in [1.165, 1.54) is 0 Å². The predicted octanol–water partition coefficient (Wildman–Crippen LogP) is 1.73. The van der Waals surface area contributed by atoms with Crippen molar-refractivity contribution < 1.29 is 4.39 Å². The van der Waals surface area contributed by atoms with Crippen LogP contribution in [-0.4, -0.2) is 18.8 Å². The van der Waals surface area contributed by atoms with Crippen LogP contribution >= 0.6 is 0 Å². The summed E-state index contributed by atoms with van der Waals surface area (Å²) < 4.78 is 12.6. The molecule has 1 N–H and O–H groups in total. The van der Waals surface area contributed by atoms with Crippen molar-refractivity contribution in [3.8, 4) is 0 Å². The number of alkyl halides is 1. The largest absolute Gasteiger partial charge is 0.311 e. The second-order valence-electron chi connectivity index (χ2n) is 3.57. The Labute approximate surface area is 62.0 Å². The highest BCUT2D eigenvalue weighted by Crippen LogP contribution is 2.16. The van der Waals surface area contributed by atoms with E-state index in [9.17, 15) is 4.39 Å². The third kappa shape index (κ3) is 2.25. The van der Waals surface area contributed by atoms with Gasteiger partial charge < -0.3 is 5.32 Å². The summed E-state index contributed by atoms with van der Waals surface area (Å²) in [6.45, 7) is 4.91. The molecule has 0 spiro atoms. The average molecular weight is 145 g/mol. The van der Waals surface area contributed by atoms with Crippen molar-refractivity contribution in [3.05, 3.63) is 0 Å². The monoisotopic (exact) mass is 145 g/mol. The van der Waals surface area contributed by atoms with E-state index < -0.39 is 6.17 Å². The first-order valence-electron chi connectivity index (χ1n) is 4.06. The summed E-state index contributed by atoms with van der Waals surface area (Å²) in [7, 11) is 0. The van der Waals surface area contributed by atoms with Gasteiger partial charge in [0, 0.05) is 12.6 Å². The number of nitrogens with one attached hydrogen (secondary N) is 1. The van der Waals surface area contributed by atoms with Crippen LogP contribution in [-0.2, 0) is 0 Å².